The Bertz CT molecular complexity index is 279. The van der Waals surface area contributed by atoms with Crippen molar-refractivity contribution >= 4 is 5.94 Å². The van der Waals surface area contributed by atoms with Crippen LogP contribution in [0.25, 0.3) is 0 Å². The van der Waals surface area contributed by atoms with Gasteiger partial charge in [-0.1, -0.05) is 0 Å². The summed E-state index contributed by atoms with van der Waals surface area (Å²) in [5.41, 5.74) is -0.0482. The van der Waals surface area contributed by atoms with Crippen molar-refractivity contribution in [3.8, 4) is 36.5 Å². The molecule has 0 unspecified atom stereocenters. The minimum absolute atomic E-state index is 0.0482. The molecule has 0 aliphatic rings. The van der Waals surface area contributed by atoms with E-state index in [1.54, 1.807) is 0 Å². The minimum atomic E-state index is -0.0482. The summed E-state index contributed by atoms with van der Waals surface area (Å²) in [5, 5.41) is 0. The van der Waals surface area contributed by atoms with Gasteiger partial charge in [-0.05, 0) is 23.7 Å². The second-order valence-electron chi connectivity index (χ2n) is 1.02. The van der Waals surface area contributed by atoms with Gasteiger partial charge >= 0.3 is 0 Å². The molecule has 0 fully saturated rings. The van der Waals surface area contributed by atoms with Gasteiger partial charge in [0.15, 0.2) is 11.5 Å². The number of allylic oxidation sites excluding steroid dienone is 1. The summed E-state index contributed by atoms with van der Waals surface area (Å²) in [5.74, 6) is 9.89. The molecule has 0 aliphatic heterocycles. The van der Waals surface area contributed by atoms with Gasteiger partial charge in [0.2, 0.25) is 0 Å². The summed E-state index contributed by atoms with van der Waals surface area (Å²) in [6, 6.07) is 0. The van der Waals surface area contributed by atoms with Crippen LogP contribution in [0.5, 0.6) is 0 Å². The largest absolute Gasteiger partial charge is 0.231 e. The molecular formula is C8H2O. The fourth-order valence-corrected chi connectivity index (χ4v) is 0.190. The van der Waals surface area contributed by atoms with Gasteiger partial charge in [-0.3, -0.25) is 0 Å². The molecule has 0 saturated carbocycles. The summed E-state index contributed by atoms with van der Waals surface area (Å²) >= 11 is 0. The Kier molecular flexibility index (Phi) is 3.40. The maximum absolute atomic E-state index is 9.77. The fourth-order valence-electron chi connectivity index (χ4n) is 0.190. The molecule has 0 aromatic carbocycles. The standard InChI is InChI=1S/C8H2O/c1-3-5-6-8(4-2)7-9/h1-2H. The van der Waals surface area contributed by atoms with Crippen molar-refractivity contribution in [1.29, 1.82) is 0 Å². The van der Waals surface area contributed by atoms with Crippen molar-refractivity contribution in [1.82, 2.24) is 0 Å². The van der Waals surface area contributed by atoms with Gasteiger partial charge in [-0.25, -0.2) is 4.79 Å². The Morgan fingerprint density at radius 2 is 2.00 bits per heavy atom. The lowest BCUT2D eigenvalue weighted by Gasteiger charge is -1.67. The van der Waals surface area contributed by atoms with Crippen LogP contribution in [0.2, 0.25) is 0 Å². The predicted molar refractivity (Wildman–Crippen MR) is 34.6 cm³/mol. The summed E-state index contributed by atoms with van der Waals surface area (Å²) in [7, 11) is 0. The molecule has 0 atom stereocenters. The van der Waals surface area contributed by atoms with Crippen LogP contribution in [-0.4, -0.2) is 5.94 Å². The number of rotatable bonds is 0. The van der Waals surface area contributed by atoms with Crippen LogP contribution in [0, 0.1) is 36.5 Å². The first-order valence-corrected chi connectivity index (χ1v) is 2.03. The van der Waals surface area contributed by atoms with Crippen molar-refractivity contribution in [2.24, 2.45) is 0 Å². The highest BCUT2D eigenvalue weighted by Gasteiger charge is 1.78. The number of hydrogen-bond donors (Lipinski definition) is 0. The topological polar surface area (TPSA) is 17.1 Å². The lowest BCUT2D eigenvalue weighted by molar-refractivity contribution is 0.568. The van der Waals surface area contributed by atoms with Crippen molar-refractivity contribution in [2.75, 3.05) is 0 Å². The second kappa shape index (κ2) is 4.29. The van der Waals surface area contributed by atoms with Gasteiger partial charge in [-0.2, -0.15) is 0 Å². The van der Waals surface area contributed by atoms with Crippen LogP contribution >= 0.6 is 0 Å². The summed E-state index contributed by atoms with van der Waals surface area (Å²) < 4.78 is 0. The van der Waals surface area contributed by atoms with E-state index in [-0.39, 0.29) is 5.57 Å². The zero-order valence-corrected chi connectivity index (χ0v) is 4.56. The predicted octanol–water partition coefficient (Wildman–Crippen LogP) is 0.0142. The van der Waals surface area contributed by atoms with E-state index < -0.39 is 0 Å². The molecule has 1 nitrogen and oxygen atoms in total. The quantitative estimate of drug-likeness (QED) is 0.320. The molecule has 0 N–H and O–H groups in total. The average molecular weight is 114 g/mol. The molecule has 0 bridgehead atoms. The zero-order valence-electron chi connectivity index (χ0n) is 4.56. The molecule has 0 amide bonds. The van der Waals surface area contributed by atoms with E-state index in [9.17, 15) is 4.79 Å². The van der Waals surface area contributed by atoms with Gasteiger partial charge in [0.1, 0.15) is 0 Å². The van der Waals surface area contributed by atoms with Gasteiger partial charge in [0.25, 0.3) is 0 Å². The normalized spacial score (nSPS) is 4.67. The molecule has 9 heavy (non-hydrogen) atoms. The Labute approximate surface area is 53.8 Å². The first-order valence-electron chi connectivity index (χ1n) is 2.03. The molecule has 0 radical (unpaired) electrons. The summed E-state index contributed by atoms with van der Waals surface area (Å²) in [6.07, 6.45) is 9.55. The maximum atomic E-state index is 9.77. The van der Waals surface area contributed by atoms with Crippen LogP contribution in [0.4, 0.5) is 0 Å². The van der Waals surface area contributed by atoms with Crippen LogP contribution in [-0.2, 0) is 4.79 Å². The molecule has 0 spiro atoms. The van der Waals surface area contributed by atoms with Crippen LogP contribution in [0.3, 0.4) is 0 Å². The van der Waals surface area contributed by atoms with E-state index in [2.05, 4.69) is 11.8 Å². The Hall–Kier alpha value is -1.87. The highest BCUT2D eigenvalue weighted by atomic mass is 16.1. The van der Waals surface area contributed by atoms with E-state index in [4.69, 9.17) is 12.8 Å². The number of carbonyl (C=O) groups excluding carboxylic acids is 1. The molecule has 0 aliphatic carbocycles. The first-order chi connectivity index (χ1) is 4.35. The van der Waals surface area contributed by atoms with Gasteiger partial charge in [0, 0.05) is 0 Å². The van der Waals surface area contributed by atoms with Gasteiger partial charge < -0.3 is 0 Å². The van der Waals surface area contributed by atoms with Crippen molar-refractivity contribution < 1.29 is 4.79 Å². The molecule has 0 saturated heterocycles. The van der Waals surface area contributed by atoms with Crippen LogP contribution < -0.4 is 0 Å². The molecular weight excluding hydrogens is 112 g/mol. The smallest absolute Gasteiger partial charge is 0.159 e. The van der Waals surface area contributed by atoms with Crippen molar-refractivity contribution in [3.05, 3.63) is 5.57 Å². The van der Waals surface area contributed by atoms with Crippen LogP contribution in [0.1, 0.15) is 0 Å². The molecule has 0 aromatic heterocycles. The molecule has 0 heterocycles. The third kappa shape index (κ3) is 2.78. The molecule has 0 aromatic rings. The lowest BCUT2D eigenvalue weighted by atomic mass is 10.3. The highest BCUT2D eigenvalue weighted by molar-refractivity contribution is 5.68. The van der Waals surface area contributed by atoms with E-state index in [1.165, 1.54) is 5.94 Å². The van der Waals surface area contributed by atoms with Gasteiger partial charge in [0.05, 0.1) is 0 Å². The van der Waals surface area contributed by atoms with Gasteiger partial charge in [-0.15, -0.1) is 12.8 Å². The lowest BCUT2D eigenvalue weighted by Crippen LogP contribution is -1.69. The number of terminal acetylenes is 2. The first kappa shape index (κ1) is 7.13. The minimum Gasteiger partial charge on any atom is -0.231 e. The van der Waals surface area contributed by atoms with E-state index in [1.807, 2.05) is 11.8 Å². The van der Waals surface area contributed by atoms with E-state index in [0.29, 0.717) is 0 Å². The SMILES string of the molecule is C#CC#CC(=C=O)C#C. The average Bonchev–Trinajstić information content (AvgIpc) is 1.91. The van der Waals surface area contributed by atoms with E-state index >= 15 is 0 Å². The van der Waals surface area contributed by atoms with Crippen LogP contribution in [0.15, 0.2) is 5.57 Å². The third-order valence-corrected chi connectivity index (χ3v) is 0.506. The monoisotopic (exact) mass is 114 g/mol. The molecule has 0 rings (SSSR count). The van der Waals surface area contributed by atoms with E-state index in [0.717, 1.165) is 0 Å². The van der Waals surface area contributed by atoms with Crippen molar-refractivity contribution in [3.63, 3.8) is 0 Å². The number of hydrogen-bond acceptors (Lipinski definition) is 1. The molecule has 40 valence electrons. The van der Waals surface area contributed by atoms with Crippen molar-refractivity contribution in [2.45, 2.75) is 0 Å². The summed E-state index contributed by atoms with van der Waals surface area (Å²) in [6.45, 7) is 0. The Morgan fingerprint density at radius 1 is 1.33 bits per heavy atom. The Balaban J connectivity index is 4.48. The zero-order chi connectivity index (χ0) is 7.11. The maximum Gasteiger partial charge on any atom is 0.159 e. The second-order valence-corrected chi connectivity index (χ2v) is 1.02. The molecule has 1 heteroatoms. The fraction of sp³-hybridized carbons (Fsp3) is 0. The summed E-state index contributed by atoms with van der Waals surface area (Å²) in [4.78, 5) is 9.77. The third-order valence-electron chi connectivity index (χ3n) is 0.506. The highest BCUT2D eigenvalue weighted by Crippen LogP contribution is 1.76. The Morgan fingerprint density at radius 3 is 2.33 bits per heavy atom.